The van der Waals surface area contributed by atoms with Crippen LogP contribution >= 0.6 is 0 Å². The molecule has 0 saturated heterocycles. The van der Waals surface area contributed by atoms with Gasteiger partial charge in [-0.25, -0.2) is 9.67 Å². The van der Waals surface area contributed by atoms with Crippen LogP contribution in [-0.2, 0) is 13.2 Å². The molecule has 11 heteroatoms. The standard InChI is InChI=1S/C19H18F3N7O/c1-10(2)12-7-5-6-8-14(12)29-11(3)23-17(26-29)18-24-16(27-30-18)13-9-28(4)25-15(13)19(20,21)22/h5-10H,1-4H3. The first-order chi connectivity index (χ1) is 14.1. The van der Waals surface area contributed by atoms with Crippen LogP contribution in [0.15, 0.2) is 35.0 Å². The number of hydrogen-bond donors (Lipinski definition) is 0. The maximum atomic E-state index is 13.2. The first-order valence-electron chi connectivity index (χ1n) is 9.13. The Balaban J connectivity index is 1.74. The van der Waals surface area contributed by atoms with Crippen molar-refractivity contribution in [3.8, 4) is 28.8 Å². The van der Waals surface area contributed by atoms with Gasteiger partial charge in [0, 0.05) is 13.2 Å². The lowest BCUT2D eigenvalue weighted by Crippen LogP contribution is -2.08. The van der Waals surface area contributed by atoms with Crippen molar-refractivity contribution in [3.05, 3.63) is 47.5 Å². The normalized spacial score (nSPS) is 12.1. The van der Waals surface area contributed by atoms with Gasteiger partial charge >= 0.3 is 6.18 Å². The molecule has 0 atom stereocenters. The minimum absolute atomic E-state index is 0.0779. The van der Waals surface area contributed by atoms with E-state index in [0.717, 1.165) is 15.9 Å². The van der Waals surface area contributed by atoms with Gasteiger partial charge in [0.2, 0.25) is 11.6 Å². The average molecular weight is 417 g/mol. The molecule has 0 bridgehead atoms. The van der Waals surface area contributed by atoms with Crippen LogP contribution < -0.4 is 0 Å². The van der Waals surface area contributed by atoms with E-state index in [1.807, 2.05) is 24.3 Å². The summed E-state index contributed by atoms with van der Waals surface area (Å²) in [6.45, 7) is 5.92. The summed E-state index contributed by atoms with van der Waals surface area (Å²) < 4.78 is 47.6. The topological polar surface area (TPSA) is 87.4 Å². The summed E-state index contributed by atoms with van der Waals surface area (Å²) in [4.78, 5) is 8.43. The molecular weight excluding hydrogens is 399 g/mol. The second-order valence-electron chi connectivity index (χ2n) is 7.09. The fourth-order valence-electron chi connectivity index (χ4n) is 3.16. The molecule has 3 aromatic heterocycles. The van der Waals surface area contributed by atoms with Crippen LogP contribution in [0, 0.1) is 6.92 Å². The third-order valence-electron chi connectivity index (χ3n) is 4.51. The average Bonchev–Trinajstić information content (AvgIpc) is 3.38. The Morgan fingerprint density at radius 1 is 1.03 bits per heavy atom. The molecule has 0 amide bonds. The Morgan fingerprint density at radius 2 is 1.77 bits per heavy atom. The first kappa shape index (κ1) is 19.8. The molecule has 0 N–H and O–H groups in total. The minimum Gasteiger partial charge on any atom is -0.330 e. The van der Waals surface area contributed by atoms with Gasteiger partial charge in [-0.05, 0) is 24.5 Å². The van der Waals surface area contributed by atoms with E-state index in [9.17, 15) is 13.2 Å². The summed E-state index contributed by atoms with van der Waals surface area (Å²) in [6, 6.07) is 7.77. The van der Waals surface area contributed by atoms with Gasteiger partial charge < -0.3 is 4.52 Å². The second kappa shape index (κ2) is 7.08. The zero-order chi connectivity index (χ0) is 21.6. The van der Waals surface area contributed by atoms with Crippen LogP contribution in [0.3, 0.4) is 0 Å². The van der Waals surface area contributed by atoms with Gasteiger partial charge in [0.05, 0.1) is 11.3 Å². The zero-order valence-corrected chi connectivity index (χ0v) is 16.6. The highest BCUT2D eigenvalue weighted by atomic mass is 19.4. The minimum atomic E-state index is -4.64. The molecule has 0 aliphatic carbocycles. The second-order valence-corrected chi connectivity index (χ2v) is 7.09. The summed E-state index contributed by atoms with van der Waals surface area (Å²) in [5, 5.41) is 11.6. The number of para-hydroxylation sites is 1. The third-order valence-corrected chi connectivity index (χ3v) is 4.51. The van der Waals surface area contributed by atoms with E-state index in [2.05, 4.69) is 39.2 Å². The summed E-state index contributed by atoms with van der Waals surface area (Å²) >= 11 is 0. The van der Waals surface area contributed by atoms with Gasteiger partial charge in [-0.2, -0.15) is 23.3 Å². The highest BCUT2D eigenvalue weighted by Gasteiger charge is 2.38. The van der Waals surface area contributed by atoms with Crippen LogP contribution in [0.5, 0.6) is 0 Å². The molecular formula is C19H18F3N7O. The van der Waals surface area contributed by atoms with Crippen LogP contribution in [0.1, 0.15) is 36.8 Å². The molecule has 0 radical (unpaired) electrons. The van der Waals surface area contributed by atoms with E-state index in [1.54, 1.807) is 11.6 Å². The molecule has 0 aliphatic heterocycles. The highest BCUT2D eigenvalue weighted by molar-refractivity contribution is 5.59. The van der Waals surface area contributed by atoms with Gasteiger partial charge in [-0.1, -0.05) is 37.2 Å². The van der Waals surface area contributed by atoms with Crippen molar-refractivity contribution in [3.63, 3.8) is 0 Å². The SMILES string of the molecule is Cc1nc(-c2nc(-c3cn(C)nc3C(F)(F)F)no2)nn1-c1ccccc1C(C)C. The van der Waals surface area contributed by atoms with Crippen molar-refractivity contribution in [2.75, 3.05) is 0 Å². The van der Waals surface area contributed by atoms with Gasteiger partial charge in [0.25, 0.3) is 5.89 Å². The number of alkyl halides is 3. The number of halogens is 3. The van der Waals surface area contributed by atoms with Gasteiger partial charge in [0.15, 0.2) is 5.69 Å². The number of rotatable bonds is 4. The number of aryl methyl sites for hydroxylation is 2. The monoisotopic (exact) mass is 417 g/mol. The molecule has 0 unspecified atom stereocenters. The maximum Gasteiger partial charge on any atom is 0.435 e. The van der Waals surface area contributed by atoms with E-state index in [-0.39, 0.29) is 29.0 Å². The van der Waals surface area contributed by atoms with Crippen molar-refractivity contribution >= 4 is 0 Å². The lowest BCUT2D eigenvalue weighted by Gasteiger charge is -2.12. The first-order valence-corrected chi connectivity index (χ1v) is 9.13. The van der Waals surface area contributed by atoms with E-state index in [4.69, 9.17) is 4.52 Å². The molecule has 1 aromatic carbocycles. The lowest BCUT2D eigenvalue weighted by molar-refractivity contribution is -0.141. The Kier molecular flexibility index (Phi) is 4.67. The summed E-state index contributed by atoms with van der Waals surface area (Å²) in [5.74, 6) is 0.653. The van der Waals surface area contributed by atoms with E-state index < -0.39 is 11.9 Å². The number of aromatic nitrogens is 7. The molecule has 4 aromatic rings. The summed E-state index contributed by atoms with van der Waals surface area (Å²) in [6.07, 6.45) is -3.46. The summed E-state index contributed by atoms with van der Waals surface area (Å²) in [7, 11) is 1.39. The van der Waals surface area contributed by atoms with Crippen LogP contribution in [0.4, 0.5) is 13.2 Å². The zero-order valence-electron chi connectivity index (χ0n) is 16.6. The molecule has 0 fully saturated rings. The van der Waals surface area contributed by atoms with E-state index in [0.29, 0.717) is 5.82 Å². The van der Waals surface area contributed by atoms with E-state index in [1.165, 1.54) is 13.2 Å². The van der Waals surface area contributed by atoms with Crippen molar-refractivity contribution in [2.45, 2.75) is 32.9 Å². The fraction of sp³-hybridized carbons (Fsp3) is 0.316. The van der Waals surface area contributed by atoms with Crippen molar-refractivity contribution in [2.24, 2.45) is 7.05 Å². The predicted molar refractivity (Wildman–Crippen MR) is 101 cm³/mol. The molecule has 4 rings (SSSR count). The van der Waals surface area contributed by atoms with Crippen molar-refractivity contribution < 1.29 is 17.7 Å². The van der Waals surface area contributed by atoms with Gasteiger partial charge in [-0.3, -0.25) is 4.68 Å². The lowest BCUT2D eigenvalue weighted by atomic mass is 10.0. The molecule has 8 nitrogen and oxygen atoms in total. The van der Waals surface area contributed by atoms with Gasteiger partial charge in [-0.15, -0.1) is 5.10 Å². The Hall–Kier alpha value is -3.50. The predicted octanol–water partition coefficient (Wildman–Crippen LogP) is 4.17. The van der Waals surface area contributed by atoms with E-state index >= 15 is 0 Å². The summed E-state index contributed by atoms with van der Waals surface area (Å²) in [5.41, 5.74) is 0.572. The molecule has 0 spiro atoms. The number of benzene rings is 1. The number of nitrogens with zero attached hydrogens (tertiary/aromatic N) is 7. The third kappa shape index (κ3) is 3.46. The molecule has 0 aliphatic rings. The van der Waals surface area contributed by atoms with Crippen LogP contribution in [0.2, 0.25) is 0 Å². The van der Waals surface area contributed by atoms with Crippen LogP contribution in [-0.4, -0.2) is 34.7 Å². The quantitative estimate of drug-likeness (QED) is 0.495. The van der Waals surface area contributed by atoms with Crippen molar-refractivity contribution in [1.82, 2.24) is 34.7 Å². The fourth-order valence-corrected chi connectivity index (χ4v) is 3.16. The highest BCUT2D eigenvalue weighted by Crippen LogP contribution is 2.35. The largest absolute Gasteiger partial charge is 0.435 e. The maximum absolute atomic E-state index is 13.2. The molecule has 30 heavy (non-hydrogen) atoms. The molecule has 156 valence electrons. The number of hydrogen-bond acceptors (Lipinski definition) is 6. The van der Waals surface area contributed by atoms with Crippen LogP contribution in [0.25, 0.3) is 28.8 Å². The Bertz CT molecular complexity index is 1200. The Labute approximate surface area is 169 Å². The molecule has 0 saturated carbocycles. The van der Waals surface area contributed by atoms with Crippen molar-refractivity contribution in [1.29, 1.82) is 0 Å². The molecule has 3 heterocycles. The van der Waals surface area contributed by atoms with Gasteiger partial charge in [0.1, 0.15) is 5.82 Å². The Morgan fingerprint density at radius 3 is 2.47 bits per heavy atom. The smallest absolute Gasteiger partial charge is 0.330 e.